The van der Waals surface area contributed by atoms with Gasteiger partial charge in [-0.3, -0.25) is 4.79 Å². The molecule has 3 aliphatic heterocycles. The number of piperidine rings is 1. The third kappa shape index (κ3) is 7.23. The van der Waals surface area contributed by atoms with Gasteiger partial charge in [0.1, 0.15) is 6.10 Å². The fourth-order valence-electron chi connectivity index (χ4n) is 8.29. The maximum Gasteiger partial charge on any atom is 0.348 e. The number of benzene rings is 2. The first-order chi connectivity index (χ1) is 21.5. The van der Waals surface area contributed by atoms with Gasteiger partial charge in [-0.1, -0.05) is 113 Å². The molecule has 0 N–H and O–H groups in total. The molecule has 3 unspecified atom stereocenters. The maximum atomic E-state index is 14.6. The van der Waals surface area contributed by atoms with Crippen molar-refractivity contribution in [1.82, 2.24) is 0 Å². The van der Waals surface area contributed by atoms with E-state index in [1.54, 1.807) is 0 Å². The molecule has 0 aliphatic carbocycles. The molecule has 240 valence electrons. The lowest BCUT2D eigenvalue weighted by atomic mass is 9.85. The molecule has 3 saturated heterocycles. The summed E-state index contributed by atoms with van der Waals surface area (Å²) in [5.41, 5.74) is -0.196. The van der Waals surface area contributed by atoms with Crippen molar-refractivity contribution >= 4 is 11.9 Å². The van der Waals surface area contributed by atoms with Gasteiger partial charge in [0.2, 0.25) is 11.9 Å². The van der Waals surface area contributed by atoms with E-state index in [1.807, 2.05) is 67.6 Å². The van der Waals surface area contributed by atoms with E-state index in [1.165, 1.54) is 68.9 Å². The zero-order valence-electron chi connectivity index (χ0n) is 27.1. The summed E-state index contributed by atoms with van der Waals surface area (Å²) < 4.78 is 20.4. The summed E-state index contributed by atoms with van der Waals surface area (Å²) in [5.74, 6) is -0.701. The number of rotatable bonds is 16. The van der Waals surface area contributed by atoms with Gasteiger partial charge in [0.05, 0.1) is 25.2 Å². The van der Waals surface area contributed by atoms with Crippen LogP contribution in [0.1, 0.15) is 121 Å². The van der Waals surface area contributed by atoms with Crippen LogP contribution in [0.4, 0.5) is 0 Å². The van der Waals surface area contributed by atoms with Crippen LogP contribution in [0.5, 0.6) is 0 Å². The number of nitrogens with zero attached hydrogens (tertiary/aromatic N) is 1. The lowest BCUT2D eigenvalue weighted by Crippen LogP contribution is -2.60. The molecule has 5 rings (SSSR count). The van der Waals surface area contributed by atoms with Crippen molar-refractivity contribution in [2.45, 2.75) is 140 Å². The summed E-state index contributed by atoms with van der Waals surface area (Å²) in [5, 5.41) is 0. The smallest absolute Gasteiger partial charge is 0.348 e. The number of hydrogen-bond acceptors (Lipinski definition) is 5. The number of carbonyl (C=O) groups excluding carboxylic acids is 2. The van der Waals surface area contributed by atoms with E-state index in [2.05, 4.69) is 6.92 Å². The molecule has 6 nitrogen and oxygen atoms in total. The molecule has 0 radical (unpaired) electrons. The highest BCUT2D eigenvalue weighted by Gasteiger charge is 2.57. The third-order valence-electron chi connectivity index (χ3n) is 10.6. The molecule has 3 heterocycles. The first-order valence-electron chi connectivity index (χ1n) is 17.6. The van der Waals surface area contributed by atoms with Gasteiger partial charge < -0.3 is 18.7 Å². The van der Waals surface area contributed by atoms with Crippen molar-refractivity contribution in [2.75, 3.05) is 13.1 Å². The largest absolute Gasteiger partial charge is 0.459 e. The van der Waals surface area contributed by atoms with Gasteiger partial charge in [0.25, 0.3) is 0 Å². The van der Waals surface area contributed by atoms with Crippen molar-refractivity contribution in [3.05, 3.63) is 71.8 Å². The maximum absolute atomic E-state index is 14.6. The Morgan fingerprint density at radius 1 is 0.795 bits per heavy atom. The predicted molar refractivity (Wildman–Crippen MR) is 173 cm³/mol. The topological polar surface area (TPSA) is 61.8 Å². The molecule has 0 amide bonds. The summed E-state index contributed by atoms with van der Waals surface area (Å²) in [6.07, 6.45) is 14.6. The van der Waals surface area contributed by atoms with Gasteiger partial charge in [-0.2, -0.15) is 0 Å². The minimum absolute atomic E-state index is 0.139. The molecule has 3 aliphatic rings. The lowest BCUT2D eigenvalue weighted by Gasteiger charge is -2.47. The lowest BCUT2D eigenvalue weighted by molar-refractivity contribution is -0.956. The van der Waals surface area contributed by atoms with Crippen molar-refractivity contribution in [3.63, 3.8) is 0 Å². The van der Waals surface area contributed by atoms with Crippen molar-refractivity contribution in [2.24, 2.45) is 0 Å². The Bertz CT molecular complexity index is 1120. The predicted octanol–water partition coefficient (Wildman–Crippen LogP) is 8.21. The van der Waals surface area contributed by atoms with Gasteiger partial charge in [0.15, 0.2) is 0 Å². The fraction of sp³-hybridized carbons (Fsp3) is 0.632. The van der Waals surface area contributed by atoms with Crippen LogP contribution in [0.25, 0.3) is 0 Å². The van der Waals surface area contributed by atoms with Gasteiger partial charge in [-0.15, -0.1) is 0 Å². The van der Waals surface area contributed by atoms with E-state index in [0.717, 1.165) is 32.1 Å². The van der Waals surface area contributed by atoms with Crippen molar-refractivity contribution < 1.29 is 28.3 Å². The van der Waals surface area contributed by atoms with Gasteiger partial charge in [-0.05, 0) is 17.5 Å². The van der Waals surface area contributed by atoms with E-state index in [4.69, 9.17) is 14.2 Å². The van der Waals surface area contributed by atoms with E-state index in [-0.39, 0.29) is 12.1 Å². The number of ether oxygens (including phenoxy) is 3. The zero-order chi connectivity index (χ0) is 30.8. The van der Waals surface area contributed by atoms with E-state index in [0.29, 0.717) is 36.1 Å². The Balaban J connectivity index is 1.33. The van der Waals surface area contributed by atoms with Crippen LogP contribution in [0.15, 0.2) is 60.7 Å². The Morgan fingerprint density at radius 2 is 1.34 bits per heavy atom. The number of unbranched alkanes of at least 4 members (excludes halogenated alkanes) is 6. The Kier molecular flexibility index (Phi) is 11.5. The molecule has 2 bridgehead atoms. The van der Waals surface area contributed by atoms with Crippen LogP contribution in [-0.2, 0) is 29.4 Å². The SMILES string of the molecule is CCCCCCCCCC(=O)OC(CC)OC(C(=O)OC1CC2CCC(C1)[N+]21CCCC1)(c1ccccc1)c1ccccc1. The molecule has 0 aromatic heterocycles. The van der Waals surface area contributed by atoms with Gasteiger partial charge in [0, 0.05) is 51.4 Å². The summed E-state index contributed by atoms with van der Waals surface area (Å²) in [4.78, 5) is 27.6. The standard InChI is InChI=1S/C38H54NO5/c1-3-5-6-7-8-9-16-23-35(40)43-36(4-2)44-38(30-19-12-10-13-20-30,31-21-14-11-15-22-31)37(41)42-34-28-32-24-25-33(29-34)39(32)26-17-18-27-39/h10-15,19-22,32-34,36H,3-9,16-18,23-29H2,1-2H3/q+1. The fourth-order valence-corrected chi connectivity index (χ4v) is 8.29. The van der Waals surface area contributed by atoms with Crippen molar-refractivity contribution in [3.8, 4) is 0 Å². The molecule has 0 saturated carbocycles. The molecule has 6 heteroatoms. The number of esters is 2. The molecule has 2 aromatic carbocycles. The highest BCUT2D eigenvalue weighted by Crippen LogP contribution is 2.47. The summed E-state index contributed by atoms with van der Waals surface area (Å²) in [7, 11) is 0. The highest BCUT2D eigenvalue weighted by molar-refractivity contribution is 5.86. The Morgan fingerprint density at radius 3 is 1.89 bits per heavy atom. The van der Waals surface area contributed by atoms with Crippen LogP contribution in [-0.4, -0.2) is 54.0 Å². The van der Waals surface area contributed by atoms with Crippen molar-refractivity contribution in [1.29, 1.82) is 0 Å². The van der Waals surface area contributed by atoms with Crippen LogP contribution in [0.2, 0.25) is 0 Å². The second-order valence-corrected chi connectivity index (χ2v) is 13.4. The first-order valence-corrected chi connectivity index (χ1v) is 17.6. The highest BCUT2D eigenvalue weighted by atomic mass is 16.7. The monoisotopic (exact) mass is 604 g/mol. The first kappa shape index (κ1) is 32.7. The minimum Gasteiger partial charge on any atom is -0.459 e. The number of quaternary nitrogens is 1. The summed E-state index contributed by atoms with van der Waals surface area (Å²) >= 11 is 0. The minimum atomic E-state index is -1.56. The van der Waals surface area contributed by atoms with Gasteiger partial charge in [-0.25, -0.2) is 4.79 Å². The molecule has 3 fully saturated rings. The van der Waals surface area contributed by atoms with Crippen LogP contribution >= 0.6 is 0 Å². The summed E-state index contributed by atoms with van der Waals surface area (Å²) in [6.45, 7) is 6.70. The van der Waals surface area contributed by atoms with Crippen LogP contribution in [0.3, 0.4) is 0 Å². The Labute approximate surface area is 265 Å². The molecular weight excluding hydrogens is 550 g/mol. The normalized spacial score (nSPS) is 23.0. The third-order valence-corrected chi connectivity index (χ3v) is 10.6. The van der Waals surface area contributed by atoms with Gasteiger partial charge >= 0.3 is 11.9 Å². The second-order valence-electron chi connectivity index (χ2n) is 13.4. The molecule has 44 heavy (non-hydrogen) atoms. The molecule has 3 atom stereocenters. The van der Waals surface area contributed by atoms with Crippen LogP contribution < -0.4 is 0 Å². The van der Waals surface area contributed by atoms with E-state index in [9.17, 15) is 9.59 Å². The molecule has 1 spiro atoms. The molecular formula is C38H54NO5+. The van der Waals surface area contributed by atoms with E-state index >= 15 is 0 Å². The van der Waals surface area contributed by atoms with Crippen LogP contribution in [0, 0.1) is 0 Å². The average Bonchev–Trinajstić information content (AvgIpc) is 3.59. The quantitative estimate of drug-likeness (QED) is 0.0836. The molecule has 2 aromatic rings. The Hall–Kier alpha value is -2.70. The average molecular weight is 605 g/mol. The second kappa shape index (κ2) is 15.5. The summed E-state index contributed by atoms with van der Waals surface area (Å²) in [6, 6.07) is 20.3. The number of hydrogen-bond donors (Lipinski definition) is 0. The van der Waals surface area contributed by atoms with E-state index < -0.39 is 17.9 Å². The zero-order valence-corrected chi connectivity index (χ0v) is 27.1. The number of carbonyl (C=O) groups is 2.